The number of hydrogen-bond acceptors (Lipinski definition) is 5. The molecule has 0 atom stereocenters. The summed E-state index contributed by atoms with van der Waals surface area (Å²) in [6.45, 7) is 3.75. The number of rotatable bonds is 4. The smallest absolute Gasteiger partial charge is 0.411 e. The Kier molecular flexibility index (Phi) is 4.70. The summed E-state index contributed by atoms with van der Waals surface area (Å²) >= 11 is 5.94. The molecule has 21 heavy (non-hydrogen) atoms. The fraction of sp³-hybridized carbons (Fsp3) is 0.286. The molecule has 0 unspecified atom stereocenters. The zero-order valence-electron chi connectivity index (χ0n) is 11.6. The Morgan fingerprint density at radius 3 is 2.62 bits per heavy atom. The quantitative estimate of drug-likeness (QED) is 0.868. The Hall–Kier alpha value is -2.21. The van der Waals surface area contributed by atoms with Crippen LogP contribution in [0.3, 0.4) is 0 Å². The molecule has 2 aromatic rings. The van der Waals surface area contributed by atoms with Crippen molar-refractivity contribution >= 4 is 40.3 Å². The third-order valence-electron chi connectivity index (χ3n) is 2.61. The first kappa shape index (κ1) is 15.2. The van der Waals surface area contributed by atoms with Gasteiger partial charge in [-0.1, -0.05) is 11.6 Å². The molecule has 7 heteroatoms. The molecule has 2 rings (SSSR count). The summed E-state index contributed by atoms with van der Waals surface area (Å²) in [5.41, 5.74) is 0.596. The summed E-state index contributed by atoms with van der Waals surface area (Å²) in [7, 11) is 0. The van der Waals surface area contributed by atoms with Gasteiger partial charge in [0, 0.05) is 10.4 Å². The molecule has 112 valence electrons. The highest BCUT2D eigenvalue weighted by Crippen LogP contribution is 2.33. The van der Waals surface area contributed by atoms with E-state index in [-0.39, 0.29) is 24.7 Å². The highest BCUT2D eigenvalue weighted by molar-refractivity contribution is 6.31. The molecule has 0 radical (unpaired) electrons. The fourth-order valence-corrected chi connectivity index (χ4v) is 1.98. The van der Waals surface area contributed by atoms with Gasteiger partial charge in [-0.05, 0) is 32.0 Å². The van der Waals surface area contributed by atoms with Crippen LogP contribution in [0.15, 0.2) is 22.6 Å². The van der Waals surface area contributed by atoms with Crippen molar-refractivity contribution in [3.8, 4) is 0 Å². The van der Waals surface area contributed by atoms with Gasteiger partial charge in [0.05, 0.1) is 13.2 Å². The first-order valence-corrected chi connectivity index (χ1v) is 6.77. The average molecular weight is 312 g/mol. The minimum atomic E-state index is -0.689. The third-order valence-corrected chi connectivity index (χ3v) is 2.85. The van der Waals surface area contributed by atoms with Gasteiger partial charge in [0.25, 0.3) is 0 Å². The Morgan fingerprint density at radius 1 is 1.24 bits per heavy atom. The second kappa shape index (κ2) is 6.49. The molecule has 0 aliphatic carbocycles. The third kappa shape index (κ3) is 3.28. The summed E-state index contributed by atoms with van der Waals surface area (Å²) in [6, 6.07) is 4.82. The summed E-state index contributed by atoms with van der Waals surface area (Å²) in [6.07, 6.45) is -0.689. The molecule has 0 saturated heterocycles. The van der Waals surface area contributed by atoms with Crippen molar-refractivity contribution < 1.29 is 23.5 Å². The van der Waals surface area contributed by atoms with E-state index in [0.717, 1.165) is 0 Å². The summed E-state index contributed by atoms with van der Waals surface area (Å²) in [5.74, 6) is -0.765. The van der Waals surface area contributed by atoms with E-state index in [0.29, 0.717) is 16.0 Å². The predicted octanol–water partition coefficient (Wildman–Crippen LogP) is 3.83. The normalized spacial score (nSPS) is 10.4. The van der Waals surface area contributed by atoms with Crippen LogP contribution in [0.25, 0.3) is 11.0 Å². The Morgan fingerprint density at radius 2 is 1.95 bits per heavy atom. The number of nitrogens with one attached hydrogen (secondary N) is 1. The largest absolute Gasteiger partial charge is 0.460 e. The zero-order valence-corrected chi connectivity index (χ0v) is 12.3. The number of anilines is 1. The topological polar surface area (TPSA) is 77.8 Å². The zero-order chi connectivity index (χ0) is 15.4. The van der Waals surface area contributed by atoms with Crippen molar-refractivity contribution in [1.82, 2.24) is 0 Å². The van der Waals surface area contributed by atoms with Crippen molar-refractivity contribution in [2.45, 2.75) is 13.8 Å². The maximum Gasteiger partial charge on any atom is 0.411 e. The van der Waals surface area contributed by atoms with Gasteiger partial charge in [-0.15, -0.1) is 0 Å². The van der Waals surface area contributed by atoms with Crippen LogP contribution in [0.2, 0.25) is 5.02 Å². The molecule has 1 amide bonds. The molecular weight excluding hydrogens is 298 g/mol. The minimum Gasteiger partial charge on any atom is -0.460 e. The molecule has 0 fully saturated rings. The number of esters is 1. The van der Waals surface area contributed by atoms with Crippen LogP contribution >= 0.6 is 11.6 Å². The van der Waals surface area contributed by atoms with Gasteiger partial charge >= 0.3 is 12.1 Å². The Bertz CT molecular complexity index is 679. The summed E-state index contributed by atoms with van der Waals surface area (Å²) in [5, 5.41) is 3.43. The van der Waals surface area contributed by atoms with Crippen molar-refractivity contribution in [3.05, 3.63) is 29.0 Å². The minimum absolute atomic E-state index is 0.0952. The molecule has 1 aromatic heterocycles. The van der Waals surface area contributed by atoms with Crippen molar-refractivity contribution in [3.63, 3.8) is 0 Å². The molecule has 0 aliphatic rings. The van der Waals surface area contributed by atoms with Crippen LogP contribution < -0.4 is 5.32 Å². The predicted molar refractivity (Wildman–Crippen MR) is 77.8 cm³/mol. The fourth-order valence-electron chi connectivity index (χ4n) is 1.80. The molecule has 6 nitrogen and oxygen atoms in total. The lowest BCUT2D eigenvalue weighted by Crippen LogP contribution is -2.15. The number of amides is 1. The number of carbonyl (C=O) groups excluding carboxylic acids is 2. The second-order valence-corrected chi connectivity index (χ2v) is 4.45. The number of hydrogen-bond donors (Lipinski definition) is 1. The van der Waals surface area contributed by atoms with Crippen LogP contribution in [0.5, 0.6) is 0 Å². The van der Waals surface area contributed by atoms with Gasteiger partial charge in [-0.3, -0.25) is 5.32 Å². The second-order valence-electron chi connectivity index (χ2n) is 4.01. The molecular formula is C14H14ClNO5. The number of furan rings is 1. The maximum atomic E-state index is 11.9. The average Bonchev–Trinajstić information content (AvgIpc) is 2.78. The standard InChI is InChI=1S/C14H14ClNO5/c1-3-19-13(17)12-11(16-14(18)20-4-2)9-7-8(15)5-6-10(9)21-12/h5-7H,3-4H2,1-2H3,(H,16,18). The van der Waals surface area contributed by atoms with E-state index in [1.54, 1.807) is 32.0 Å². The van der Waals surface area contributed by atoms with E-state index in [9.17, 15) is 9.59 Å². The monoisotopic (exact) mass is 311 g/mol. The van der Waals surface area contributed by atoms with Gasteiger partial charge in [0.15, 0.2) is 0 Å². The molecule has 0 bridgehead atoms. The molecule has 1 heterocycles. The van der Waals surface area contributed by atoms with E-state index in [2.05, 4.69) is 5.32 Å². The Labute approximate surface area is 126 Å². The lowest BCUT2D eigenvalue weighted by Gasteiger charge is -2.05. The number of halogens is 1. The number of ether oxygens (including phenoxy) is 2. The van der Waals surface area contributed by atoms with E-state index >= 15 is 0 Å². The van der Waals surface area contributed by atoms with Crippen molar-refractivity contribution in [1.29, 1.82) is 0 Å². The van der Waals surface area contributed by atoms with Crippen LogP contribution in [0.4, 0.5) is 10.5 Å². The number of benzene rings is 1. The van der Waals surface area contributed by atoms with Crippen molar-refractivity contribution in [2.75, 3.05) is 18.5 Å². The van der Waals surface area contributed by atoms with E-state index in [4.69, 9.17) is 25.5 Å². The highest BCUT2D eigenvalue weighted by atomic mass is 35.5. The molecule has 0 aliphatic heterocycles. The SMILES string of the molecule is CCOC(=O)Nc1c(C(=O)OCC)oc2ccc(Cl)cc12. The van der Waals surface area contributed by atoms with Crippen LogP contribution in [0, 0.1) is 0 Å². The molecule has 0 saturated carbocycles. The number of fused-ring (bicyclic) bond motifs is 1. The molecule has 1 N–H and O–H groups in total. The lowest BCUT2D eigenvalue weighted by molar-refractivity contribution is 0.0494. The van der Waals surface area contributed by atoms with E-state index in [1.807, 2.05) is 0 Å². The van der Waals surface area contributed by atoms with Gasteiger partial charge in [0.1, 0.15) is 11.3 Å². The van der Waals surface area contributed by atoms with Gasteiger partial charge in [-0.25, -0.2) is 9.59 Å². The first-order chi connectivity index (χ1) is 10.1. The molecule has 1 aromatic carbocycles. The Balaban J connectivity index is 2.50. The first-order valence-electron chi connectivity index (χ1n) is 6.39. The number of carbonyl (C=O) groups is 2. The van der Waals surface area contributed by atoms with Gasteiger partial charge in [-0.2, -0.15) is 0 Å². The molecule has 0 spiro atoms. The maximum absolute atomic E-state index is 11.9. The van der Waals surface area contributed by atoms with E-state index < -0.39 is 12.1 Å². The van der Waals surface area contributed by atoms with E-state index in [1.165, 1.54) is 0 Å². The van der Waals surface area contributed by atoms with Crippen LogP contribution in [0.1, 0.15) is 24.4 Å². The highest BCUT2D eigenvalue weighted by Gasteiger charge is 2.23. The lowest BCUT2D eigenvalue weighted by atomic mass is 10.2. The van der Waals surface area contributed by atoms with Crippen molar-refractivity contribution in [2.24, 2.45) is 0 Å². The summed E-state index contributed by atoms with van der Waals surface area (Å²) < 4.78 is 15.2. The summed E-state index contributed by atoms with van der Waals surface area (Å²) in [4.78, 5) is 23.5. The van der Waals surface area contributed by atoms with Gasteiger partial charge in [0.2, 0.25) is 5.76 Å². The van der Waals surface area contributed by atoms with Crippen LogP contribution in [-0.2, 0) is 9.47 Å². The van der Waals surface area contributed by atoms with Gasteiger partial charge < -0.3 is 13.9 Å². The van der Waals surface area contributed by atoms with Crippen LogP contribution in [-0.4, -0.2) is 25.3 Å².